The standard InChI is InChI=1S/C19H31N5O2/c1-13(2)11-24-12-15(10-21-24)9-20-17(16-5-7-25-8-6-16)19-22-18(14(3)4)23-26-19/h10,12-14,16-17,20H,5-9,11H2,1-4H3/t17-/m0/s1. The Morgan fingerprint density at radius 1 is 1.23 bits per heavy atom. The third-order valence-electron chi connectivity index (χ3n) is 4.74. The molecule has 1 aliphatic heterocycles. The summed E-state index contributed by atoms with van der Waals surface area (Å²) in [5, 5.41) is 12.2. The summed E-state index contributed by atoms with van der Waals surface area (Å²) < 4.78 is 13.1. The summed E-state index contributed by atoms with van der Waals surface area (Å²) in [6.45, 7) is 11.8. The minimum Gasteiger partial charge on any atom is -0.381 e. The van der Waals surface area contributed by atoms with Gasteiger partial charge >= 0.3 is 0 Å². The van der Waals surface area contributed by atoms with Gasteiger partial charge in [0.05, 0.1) is 12.2 Å². The molecule has 3 heterocycles. The van der Waals surface area contributed by atoms with Crippen molar-refractivity contribution in [1.29, 1.82) is 0 Å². The van der Waals surface area contributed by atoms with Gasteiger partial charge in [-0.1, -0.05) is 32.9 Å². The molecule has 1 fully saturated rings. The van der Waals surface area contributed by atoms with Crippen LogP contribution >= 0.6 is 0 Å². The molecule has 1 aliphatic rings. The van der Waals surface area contributed by atoms with Crippen molar-refractivity contribution in [1.82, 2.24) is 25.2 Å². The first-order valence-electron chi connectivity index (χ1n) is 9.69. The predicted molar refractivity (Wildman–Crippen MR) is 98.6 cm³/mol. The Bertz CT molecular complexity index is 673. The van der Waals surface area contributed by atoms with E-state index in [0.717, 1.165) is 45.0 Å². The van der Waals surface area contributed by atoms with Crippen molar-refractivity contribution in [3.05, 3.63) is 29.7 Å². The quantitative estimate of drug-likeness (QED) is 0.777. The van der Waals surface area contributed by atoms with Crippen LogP contribution in [-0.2, 0) is 17.8 Å². The van der Waals surface area contributed by atoms with E-state index < -0.39 is 0 Å². The summed E-state index contributed by atoms with van der Waals surface area (Å²) in [5.74, 6) is 2.74. The molecule has 0 unspecified atom stereocenters. The molecule has 0 spiro atoms. The van der Waals surface area contributed by atoms with Gasteiger partial charge in [0.25, 0.3) is 0 Å². The average molecular weight is 361 g/mol. The summed E-state index contributed by atoms with van der Waals surface area (Å²) in [6.07, 6.45) is 6.05. The third-order valence-corrected chi connectivity index (χ3v) is 4.74. The molecule has 7 nitrogen and oxygen atoms in total. The molecule has 1 atom stereocenters. The first-order valence-corrected chi connectivity index (χ1v) is 9.69. The lowest BCUT2D eigenvalue weighted by molar-refractivity contribution is 0.0485. The van der Waals surface area contributed by atoms with Crippen molar-refractivity contribution < 1.29 is 9.26 Å². The molecule has 26 heavy (non-hydrogen) atoms. The third kappa shape index (κ3) is 4.92. The molecule has 0 bridgehead atoms. The van der Waals surface area contributed by atoms with Crippen LogP contribution in [0.3, 0.4) is 0 Å². The minimum atomic E-state index is 0.0485. The lowest BCUT2D eigenvalue weighted by Crippen LogP contribution is -2.32. The number of nitrogens with zero attached hydrogens (tertiary/aromatic N) is 4. The van der Waals surface area contributed by atoms with Gasteiger partial charge in [0, 0.05) is 44.0 Å². The van der Waals surface area contributed by atoms with Crippen LogP contribution in [0.1, 0.15) is 69.8 Å². The van der Waals surface area contributed by atoms with Crippen LogP contribution in [0.4, 0.5) is 0 Å². The molecule has 1 saturated heterocycles. The van der Waals surface area contributed by atoms with Crippen LogP contribution in [0.25, 0.3) is 0 Å². The Kier molecular flexibility index (Phi) is 6.43. The second-order valence-corrected chi connectivity index (χ2v) is 7.92. The van der Waals surface area contributed by atoms with Gasteiger partial charge in [0.1, 0.15) is 0 Å². The first kappa shape index (κ1) is 19.0. The van der Waals surface area contributed by atoms with Gasteiger partial charge in [0.15, 0.2) is 5.82 Å². The van der Waals surface area contributed by atoms with Crippen molar-refractivity contribution in [2.24, 2.45) is 11.8 Å². The lowest BCUT2D eigenvalue weighted by Gasteiger charge is -2.28. The second kappa shape index (κ2) is 8.77. The molecule has 0 radical (unpaired) electrons. The fourth-order valence-electron chi connectivity index (χ4n) is 3.31. The molecular formula is C19H31N5O2. The molecule has 0 saturated carbocycles. The van der Waals surface area contributed by atoms with Gasteiger partial charge in [-0.05, 0) is 24.7 Å². The molecule has 2 aromatic heterocycles. The molecule has 3 rings (SSSR count). The van der Waals surface area contributed by atoms with Crippen molar-refractivity contribution in [3.63, 3.8) is 0 Å². The van der Waals surface area contributed by atoms with E-state index in [-0.39, 0.29) is 12.0 Å². The highest BCUT2D eigenvalue weighted by molar-refractivity contribution is 5.06. The van der Waals surface area contributed by atoms with Gasteiger partial charge in [-0.15, -0.1) is 0 Å². The van der Waals surface area contributed by atoms with E-state index in [2.05, 4.69) is 54.4 Å². The number of ether oxygens (including phenoxy) is 1. The normalized spacial score (nSPS) is 17.3. The summed E-state index contributed by atoms with van der Waals surface area (Å²) in [4.78, 5) is 4.64. The molecule has 7 heteroatoms. The SMILES string of the molecule is CC(C)Cn1cc(CN[C@H](c2nc(C(C)C)no2)C2CCOCC2)cn1. The molecule has 2 aromatic rings. The van der Waals surface area contributed by atoms with E-state index in [1.165, 1.54) is 5.56 Å². The summed E-state index contributed by atoms with van der Waals surface area (Å²) in [5.41, 5.74) is 1.17. The molecule has 0 aromatic carbocycles. The Morgan fingerprint density at radius 2 is 2.00 bits per heavy atom. The Hall–Kier alpha value is -1.73. The molecule has 0 amide bonds. The maximum Gasteiger partial charge on any atom is 0.244 e. The number of nitrogens with one attached hydrogen (secondary N) is 1. The van der Waals surface area contributed by atoms with E-state index in [0.29, 0.717) is 17.7 Å². The summed E-state index contributed by atoms with van der Waals surface area (Å²) >= 11 is 0. The Morgan fingerprint density at radius 3 is 2.65 bits per heavy atom. The Balaban J connectivity index is 1.69. The molecular weight excluding hydrogens is 330 g/mol. The average Bonchev–Trinajstić information content (AvgIpc) is 3.26. The van der Waals surface area contributed by atoms with Crippen LogP contribution < -0.4 is 5.32 Å². The topological polar surface area (TPSA) is 78.0 Å². The summed E-state index contributed by atoms with van der Waals surface area (Å²) in [7, 11) is 0. The van der Waals surface area contributed by atoms with Crippen molar-refractivity contribution >= 4 is 0 Å². The van der Waals surface area contributed by atoms with E-state index in [9.17, 15) is 0 Å². The van der Waals surface area contributed by atoms with Crippen molar-refractivity contribution in [3.8, 4) is 0 Å². The lowest BCUT2D eigenvalue weighted by atomic mass is 9.91. The number of hydrogen-bond acceptors (Lipinski definition) is 6. The zero-order valence-corrected chi connectivity index (χ0v) is 16.3. The van der Waals surface area contributed by atoms with E-state index in [1.807, 2.05) is 10.9 Å². The van der Waals surface area contributed by atoms with Gasteiger partial charge < -0.3 is 14.6 Å². The maximum atomic E-state index is 5.60. The van der Waals surface area contributed by atoms with Gasteiger partial charge in [-0.2, -0.15) is 10.1 Å². The summed E-state index contributed by atoms with van der Waals surface area (Å²) in [6, 6.07) is 0.0485. The van der Waals surface area contributed by atoms with Crippen LogP contribution in [0.15, 0.2) is 16.9 Å². The van der Waals surface area contributed by atoms with E-state index >= 15 is 0 Å². The van der Waals surface area contributed by atoms with Crippen molar-refractivity contribution in [2.75, 3.05) is 13.2 Å². The van der Waals surface area contributed by atoms with Crippen molar-refractivity contribution in [2.45, 2.75) is 65.6 Å². The fourth-order valence-corrected chi connectivity index (χ4v) is 3.31. The largest absolute Gasteiger partial charge is 0.381 e. The second-order valence-electron chi connectivity index (χ2n) is 7.92. The van der Waals surface area contributed by atoms with Gasteiger partial charge in [-0.25, -0.2) is 0 Å². The van der Waals surface area contributed by atoms with Crippen LogP contribution in [0, 0.1) is 11.8 Å². The zero-order valence-electron chi connectivity index (χ0n) is 16.3. The minimum absolute atomic E-state index is 0.0485. The monoisotopic (exact) mass is 361 g/mol. The maximum absolute atomic E-state index is 5.60. The zero-order chi connectivity index (χ0) is 18.5. The Labute approximate surface area is 155 Å². The van der Waals surface area contributed by atoms with Crippen LogP contribution in [0.5, 0.6) is 0 Å². The molecule has 1 N–H and O–H groups in total. The number of aromatic nitrogens is 4. The van der Waals surface area contributed by atoms with Gasteiger partial charge in [0.2, 0.25) is 5.89 Å². The number of rotatable bonds is 8. The number of hydrogen-bond donors (Lipinski definition) is 1. The first-order chi connectivity index (χ1) is 12.5. The van der Waals surface area contributed by atoms with E-state index in [4.69, 9.17) is 9.26 Å². The van der Waals surface area contributed by atoms with E-state index in [1.54, 1.807) is 0 Å². The van der Waals surface area contributed by atoms with Crippen LogP contribution in [-0.4, -0.2) is 33.1 Å². The fraction of sp³-hybridized carbons (Fsp3) is 0.737. The highest BCUT2D eigenvalue weighted by Crippen LogP contribution is 2.30. The molecule has 0 aliphatic carbocycles. The smallest absolute Gasteiger partial charge is 0.244 e. The van der Waals surface area contributed by atoms with Gasteiger partial charge in [-0.3, -0.25) is 4.68 Å². The predicted octanol–water partition coefficient (Wildman–Crippen LogP) is 3.30. The highest BCUT2D eigenvalue weighted by atomic mass is 16.5. The highest BCUT2D eigenvalue weighted by Gasteiger charge is 2.30. The molecule has 144 valence electrons. The van der Waals surface area contributed by atoms with Crippen LogP contribution in [0.2, 0.25) is 0 Å².